The molecule has 0 bridgehead atoms. The van der Waals surface area contributed by atoms with E-state index in [1.54, 1.807) is 24.8 Å². The fourth-order valence-electron chi connectivity index (χ4n) is 3.96. The van der Waals surface area contributed by atoms with Crippen LogP contribution in [0.4, 0.5) is 4.39 Å². The predicted octanol–water partition coefficient (Wildman–Crippen LogP) is 2.71. The number of hydrogen-bond donors (Lipinski definition) is 1. The van der Waals surface area contributed by atoms with Gasteiger partial charge in [-0.3, -0.25) is 9.59 Å². The predicted molar refractivity (Wildman–Crippen MR) is 90.0 cm³/mol. The van der Waals surface area contributed by atoms with Gasteiger partial charge in [0.15, 0.2) is 0 Å². The van der Waals surface area contributed by atoms with Crippen molar-refractivity contribution < 1.29 is 23.8 Å². The highest BCUT2D eigenvalue weighted by molar-refractivity contribution is 6.30. The van der Waals surface area contributed by atoms with E-state index in [0.29, 0.717) is 26.2 Å². The zero-order valence-corrected chi connectivity index (χ0v) is 15.0. The van der Waals surface area contributed by atoms with Gasteiger partial charge in [-0.1, -0.05) is 17.7 Å². The van der Waals surface area contributed by atoms with Gasteiger partial charge in [0.1, 0.15) is 5.82 Å². The zero-order valence-electron chi connectivity index (χ0n) is 14.2. The summed E-state index contributed by atoms with van der Waals surface area (Å²) in [6.07, 6.45) is 0.381. The molecule has 7 heteroatoms. The number of aliphatic carboxylic acids is 1. The molecule has 0 saturated carbocycles. The molecular weight excluding hydrogens is 349 g/mol. The van der Waals surface area contributed by atoms with Gasteiger partial charge in [-0.25, -0.2) is 4.39 Å². The molecule has 0 aliphatic carbocycles. The van der Waals surface area contributed by atoms with E-state index in [2.05, 4.69) is 0 Å². The van der Waals surface area contributed by atoms with E-state index in [-0.39, 0.29) is 29.0 Å². The van der Waals surface area contributed by atoms with Gasteiger partial charge in [-0.05, 0) is 32.4 Å². The minimum Gasteiger partial charge on any atom is -0.481 e. The number of carbonyl (C=O) groups excluding carboxylic acids is 1. The number of ether oxygens (including phenoxy) is 1. The highest BCUT2D eigenvalue weighted by Gasteiger charge is 2.56. The fraction of sp³-hybridized carbons (Fsp3) is 0.556. The molecule has 3 rings (SSSR count). The summed E-state index contributed by atoms with van der Waals surface area (Å²) in [4.78, 5) is 26.5. The summed E-state index contributed by atoms with van der Waals surface area (Å²) in [5.41, 5.74) is -1.84. The van der Waals surface area contributed by atoms with Crippen LogP contribution in [0.25, 0.3) is 0 Å². The van der Waals surface area contributed by atoms with E-state index < -0.39 is 22.6 Å². The van der Waals surface area contributed by atoms with Crippen LogP contribution in [0.3, 0.4) is 0 Å². The molecule has 0 unspecified atom stereocenters. The molecule has 0 radical (unpaired) electrons. The van der Waals surface area contributed by atoms with Gasteiger partial charge in [0.2, 0.25) is 5.91 Å². The van der Waals surface area contributed by atoms with Gasteiger partial charge in [-0.2, -0.15) is 0 Å². The summed E-state index contributed by atoms with van der Waals surface area (Å²) < 4.78 is 19.7. The van der Waals surface area contributed by atoms with Crippen LogP contribution in [0.1, 0.15) is 25.8 Å². The molecule has 1 amide bonds. The van der Waals surface area contributed by atoms with E-state index in [0.717, 1.165) is 0 Å². The Kier molecular flexibility index (Phi) is 4.54. The van der Waals surface area contributed by atoms with Gasteiger partial charge in [0, 0.05) is 36.2 Å². The molecule has 0 aromatic heterocycles. The van der Waals surface area contributed by atoms with Crippen LogP contribution in [0.5, 0.6) is 0 Å². The summed E-state index contributed by atoms with van der Waals surface area (Å²) in [6, 6.07) is 4.24. The Labute approximate surface area is 150 Å². The first-order valence-corrected chi connectivity index (χ1v) is 8.62. The Morgan fingerprint density at radius 1 is 1.44 bits per heavy atom. The number of benzene rings is 1. The maximum atomic E-state index is 14.3. The molecule has 136 valence electrons. The molecule has 2 aliphatic rings. The standard InChI is InChI=1S/C18H21ClFNO4/c1-17(2,13-4-3-12(19)7-14(13)20)15(22)21-8-11-9-25-6-5-18(11,10-21)16(23)24/h3-4,7,11H,5-6,8-10H2,1-2H3,(H,23,24)/t11-,18+/m0/s1. The van der Waals surface area contributed by atoms with Gasteiger partial charge in [0.05, 0.1) is 17.4 Å². The van der Waals surface area contributed by atoms with Gasteiger partial charge in [0.25, 0.3) is 0 Å². The Bertz CT molecular complexity index is 723. The maximum Gasteiger partial charge on any atom is 0.311 e. The SMILES string of the molecule is CC(C)(C(=O)N1C[C@H]2COCC[C@@]2(C(=O)O)C1)c1ccc(Cl)cc1F. The van der Waals surface area contributed by atoms with Crippen molar-refractivity contribution in [1.82, 2.24) is 4.90 Å². The van der Waals surface area contributed by atoms with Crippen molar-refractivity contribution in [2.75, 3.05) is 26.3 Å². The lowest BCUT2D eigenvalue weighted by Gasteiger charge is -2.34. The first-order chi connectivity index (χ1) is 11.7. The molecule has 5 nitrogen and oxygen atoms in total. The third-order valence-corrected chi connectivity index (χ3v) is 5.79. The smallest absolute Gasteiger partial charge is 0.311 e. The summed E-state index contributed by atoms with van der Waals surface area (Å²) in [5, 5.41) is 9.99. The number of halogens is 2. The van der Waals surface area contributed by atoms with Crippen LogP contribution in [-0.2, 0) is 19.7 Å². The van der Waals surface area contributed by atoms with Crippen molar-refractivity contribution in [2.24, 2.45) is 11.3 Å². The van der Waals surface area contributed by atoms with Crippen LogP contribution < -0.4 is 0 Å². The minimum absolute atomic E-state index is 0.133. The van der Waals surface area contributed by atoms with E-state index >= 15 is 0 Å². The monoisotopic (exact) mass is 369 g/mol. The molecule has 2 fully saturated rings. The molecular formula is C18H21ClFNO4. The molecule has 2 atom stereocenters. The largest absolute Gasteiger partial charge is 0.481 e. The number of carboxylic acids is 1. The first-order valence-electron chi connectivity index (χ1n) is 8.24. The van der Waals surface area contributed by atoms with E-state index in [9.17, 15) is 19.1 Å². The van der Waals surface area contributed by atoms with Crippen molar-refractivity contribution in [1.29, 1.82) is 0 Å². The van der Waals surface area contributed by atoms with Gasteiger partial charge in [-0.15, -0.1) is 0 Å². The van der Waals surface area contributed by atoms with Crippen LogP contribution in [0.15, 0.2) is 18.2 Å². The average Bonchev–Trinajstić information content (AvgIpc) is 2.94. The first kappa shape index (κ1) is 18.1. The molecule has 1 aromatic rings. The Hall–Kier alpha value is -1.66. The van der Waals surface area contributed by atoms with E-state index in [1.807, 2.05) is 0 Å². The van der Waals surface area contributed by atoms with Crippen LogP contribution in [-0.4, -0.2) is 48.2 Å². The van der Waals surface area contributed by atoms with Crippen molar-refractivity contribution in [2.45, 2.75) is 25.7 Å². The third kappa shape index (κ3) is 2.91. The van der Waals surface area contributed by atoms with E-state index in [1.165, 1.54) is 12.1 Å². The zero-order chi connectivity index (χ0) is 18.4. The molecule has 0 spiro atoms. The number of carbonyl (C=O) groups is 2. The van der Waals surface area contributed by atoms with Crippen molar-refractivity contribution >= 4 is 23.5 Å². The summed E-state index contributed by atoms with van der Waals surface area (Å²) >= 11 is 5.80. The lowest BCUT2D eigenvalue weighted by atomic mass is 9.74. The molecule has 1 N–H and O–H groups in total. The fourth-order valence-corrected chi connectivity index (χ4v) is 4.12. The number of fused-ring (bicyclic) bond motifs is 1. The normalized spacial score (nSPS) is 26.4. The molecule has 2 heterocycles. The van der Waals surface area contributed by atoms with Crippen molar-refractivity contribution in [3.63, 3.8) is 0 Å². The second kappa shape index (κ2) is 6.25. The highest BCUT2D eigenvalue weighted by Crippen LogP contribution is 2.44. The quantitative estimate of drug-likeness (QED) is 0.889. The molecule has 25 heavy (non-hydrogen) atoms. The Morgan fingerprint density at radius 3 is 2.76 bits per heavy atom. The summed E-state index contributed by atoms with van der Waals surface area (Å²) in [7, 11) is 0. The van der Waals surface area contributed by atoms with Crippen molar-refractivity contribution in [3.05, 3.63) is 34.6 Å². The van der Waals surface area contributed by atoms with E-state index in [4.69, 9.17) is 16.3 Å². The van der Waals surface area contributed by atoms with Gasteiger partial charge >= 0.3 is 5.97 Å². The number of carboxylic acid groups (broad SMARTS) is 1. The Balaban J connectivity index is 1.89. The number of nitrogens with zero attached hydrogens (tertiary/aromatic N) is 1. The van der Waals surface area contributed by atoms with Crippen LogP contribution >= 0.6 is 11.6 Å². The maximum absolute atomic E-state index is 14.3. The number of rotatable bonds is 3. The second-order valence-corrected chi connectivity index (χ2v) is 7.85. The number of hydrogen-bond acceptors (Lipinski definition) is 3. The lowest BCUT2D eigenvalue weighted by molar-refractivity contribution is -0.157. The summed E-state index contributed by atoms with van der Waals surface area (Å²) in [6.45, 7) is 4.44. The summed E-state index contributed by atoms with van der Waals surface area (Å²) in [5.74, 6) is -1.97. The highest BCUT2D eigenvalue weighted by atomic mass is 35.5. The van der Waals surface area contributed by atoms with Crippen LogP contribution in [0, 0.1) is 17.2 Å². The lowest BCUT2D eigenvalue weighted by Crippen LogP contribution is -2.46. The van der Waals surface area contributed by atoms with Crippen molar-refractivity contribution in [3.8, 4) is 0 Å². The number of amides is 1. The third-order valence-electron chi connectivity index (χ3n) is 5.56. The average molecular weight is 370 g/mol. The molecule has 1 aromatic carbocycles. The molecule has 2 aliphatic heterocycles. The topological polar surface area (TPSA) is 66.8 Å². The van der Waals surface area contributed by atoms with Crippen LogP contribution in [0.2, 0.25) is 5.02 Å². The minimum atomic E-state index is -1.12. The van der Waals surface area contributed by atoms with Gasteiger partial charge < -0.3 is 14.7 Å². The Morgan fingerprint density at radius 2 is 2.16 bits per heavy atom. The second-order valence-electron chi connectivity index (χ2n) is 7.42. The number of likely N-dealkylation sites (tertiary alicyclic amines) is 1. The molecule has 2 saturated heterocycles.